The molecule has 0 amide bonds. The Morgan fingerprint density at radius 2 is 1.94 bits per heavy atom. The van der Waals surface area contributed by atoms with E-state index in [4.69, 9.17) is 11.0 Å². The molecule has 3 N–H and O–H groups in total. The molecule has 0 bridgehead atoms. The number of H-pyrrole nitrogens is 1. The van der Waals surface area contributed by atoms with Gasteiger partial charge in [0.25, 0.3) is 0 Å². The van der Waals surface area contributed by atoms with Crippen LogP contribution < -0.4 is 5.73 Å². The fraction of sp³-hybridized carbons (Fsp3) is 0.267. The van der Waals surface area contributed by atoms with Crippen molar-refractivity contribution >= 4 is 5.82 Å². The van der Waals surface area contributed by atoms with Gasteiger partial charge in [-0.2, -0.15) is 5.26 Å². The van der Waals surface area contributed by atoms with Crippen LogP contribution in [0.15, 0.2) is 30.5 Å². The summed E-state index contributed by atoms with van der Waals surface area (Å²) in [5.41, 5.74) is 9.43. The Labute approximate surface area is 107 Å². The molecule has 0 fully saturated rings. The number of hydrogen-bond acceptors (Lipinski definition) is 2. The smallest absolute Gasteiger partial charge is 0.119 e. The Morgan fingerprint density at radius 1 is 1.28 bits per heavy atom. The Bertz CT molecular complexity index is 571. The number of nitriles is 1. The van der Waals surface area contributed by atoms with Crippen molar-refractivity contribution in [3.05, 3.63) is 41.6 Å². The average molecular weight is 239 g/mol. The standard InChI is InChI=1S/C15H17N3/c1-10(2)7-11-3-5-12(6-4-11)14-9-18-15(17)13(14)8-16/h3-6,9-10,18H,7,17H2,1-2H3. The van der Waals surface area contributed by atoms with Gasteiger partial charge in [-0.05, 0) is 23.5 Å². The van der Waals surface area contributed by atoms with Crippen molar-refractivity contribution < 1.29 is 0 Å². The molecular weight excluding hydrogens is 222 g/mol. The second kappa shape index (κ2) is 4.97. The number of nitrogens with one attached hydrogen (secondary N) is 1. The minimum atomic E-state index is 0.429. The van der Waals surface area contributed by atoms with Gasteiger partial charge in [0, 0.05) is 11.8 Å². The molecule has 0 atom stereocenters. The first-order valence-electron chi connectivity index (χ1n) is 6.08. The van der Waals surface area contributed by atoms with Crippen molar-refractivity contribution in [3.8, 4) is 17.2 Å². The second-order valence-electron chi connectivity index (χ2n) is 4.90. The number of aromatic nitrogens is 1. The summed E-state index contributed by atoms with van der Waals surface area (Å²) in [6.07, 6.45) is 2.85. The molecule has 0 aliphatic rings. The number of anilines is 1. The van der Waals surface area contributed by atoms with E-state index in [1.54, 1.807) is 6.20 Å². The van der Waals surface area contributed by atoms with E-state index in [0.717, 1.165) is 17.5 Å². The van der Waals surface area contributed by atoms with E-state index in [1.165, 1.54) is 5.56 Å². The first-order valence-corrected chi connectivity index (χ1v) is 6.08. The molecular formula is C15H17N3. The first kappa shape index (κ1) is 12.3. The topological polar surface area (TPSA) is 65.6 Å². The molecule has 2 aromatic rings. The van der Waals surface area contributed by atoms with Crippen molar-refractivity contribution in [3.63, 3.8) is 0 Å². The number of rotatable bonds is 3. The zero-order valence-corrected chi connectivity index (χ0v) is 10.7. The summed E-state index contributed by atoms with van der Waals surface area (Å²) in [6.45, 7) is 4.41. The van der Waals surface area contributed by atoms with Crippen molar-refractivity contribution in [2.45, 2.75) is 20.3 Å². The molecule has 0 unspecified atom stereocenters. The van der Waals surface area contributed by atoms with Crippen molar-refractivity contribution in [1.82, 2.24) is 4.98 Å². The van der Waals surface area contributed by atoms with Crippen LogP contribution in [-0.2, 0) is 6.42 Å². The van der Waals surface area contributed by atoms with Crippen LogP contribution in [0.3, 0.4) is 0 Å². The Balaban J connectivity index is 2.32. The van der Waals surface area contributed by atoms with Gasteiger partial charge < -0.3 is 10.7 Å². The highest BCUT2D eigenvalue weighted by Gasteiger charge is 2.10. The molecule has 1 aromatic heterocycles. The van der Waals surface area contributed by atoms with Gasteiger partial charge in [-0.3, -0.25) is 0 Å². The van der Waals surface area contributed by atoms with Crippen LogP contribution in [0.4, 0.5) is 5.82 Å². The zero-order chi connectivity index (χ0) is 13.1. The van der Waals surface area contributed by atoms with E-state index in [9.17, 15) is 0 Å². The van der Waals surface area contributed by atoms with E-state index in [1.807, 2.05) is 12.1 Å². The minimum absolute atomic E-state index is 0.429. The van der Waals surface area contributed by atoms with Gasteiger partial charge in [0.15, 0.2) is 0 Å². The predicted octanol–water partition coefficient (Wildman–Crippen LogP) is 3.33. The molecule has 0 spiro atoms. The molecule has 2 rings (SSSR count). The van der Waals surface area contributed by atoms with Gasteiger partial charge in [0.1, 0.15) is 17.5 Å². The van der Waals surface area contributed by atoms with E-state index < -0.39 is 0 Å². The minimum Gasteiger partial charge on any atom is -0.384 e. The summed E-state index contributed by atoms with van der Waals surface area (Å²) < 4.78 is 0. The van der Waals surface area contributed by atoms with Crippen molar-refractivity contribution in [2.75, 3.05) is 5.73 Å². The molecule has 0 saturated heterocycles. The highest BCUT2D eigenvalue weighted by atomic mass is 14.8. The SMILES string of the molecule is CC(C)Cc1ccc(-c2c[nH]c(N)c2C#N)cc1. The number of nitrogens with two attached hydrogens (primary N) is 1. The van der Waals surface area contributed by atoms with Crippen LogP contribution in [0.25, 0.3) is 11.1 Å². The lowest BCUT2D eigenvalue weighted by Crippen LogP contribution is -1.93. The summed E-state index contributed by atoms with van der Waals surface area (Å²) in [6, 6.07) is 10.4. The molecule has 1 aromatic carbocycles. The lowest BCUT2D eigenvalue weighted by molar-refractivity contribution is 0.647. The average Bonchev–Trinajstić information content (AvgIpc) is 2.70. The van der Waals surface area contributed by atoms with Crippen LogP contribution in [0.1, 0.15) is 25.0 Å². The molecule has 0 saturated carbocycles. The van der Waals surface area contributed by atoms with Gasteiger partial charge in [0.2, 0.25) is 0 Å². The fourth-order valence-electron chi connectivity index (χ4n) is 2.08. The molecule has 0 aliphatic heterocycles. The van der Waals surface area contributed by atoms with Crippen LogP contribution in [0.2, 0.25) is 0 Å². The zero-order valence-electron chi connectivity index (χ0n) is 10.7. The van der Waals surface area contributed by atoms with Crippen LogP contribution in [0.5, 0.6) is 0 Å². The first-order chi connectivity index (χ1) is 8.61. The summed E-state index contributed by atoms with van der Waals surface area (Å²) in [7, 11) is 0. The Kier molecular flexibility index (Phi) is 3.38. The predicted molar refractivity (Wildman–Crippen MR) is 73.9 cm³/mol. The maximum Gasteiger partial charge on any atom is 0.119 e. The number of benzene rings is 1. The van der Waals surface area contributed by atoms with Gasteiger partial charge in [-0.15, -0.1) is 0 Å². The molecule has 0 aliphatic carbocycles. The molecule has 92 valence electrons. The third-order valence-corrected chi connectivity index (χ3v) is 2.93. The Hall–Kier alpha value is -2.21. The second-order valence-corrected chi connectivity index (χ2v) is 4.90. The summed E-state index contributed by atoms with van der Waals surface area (Å²) >= 11 is 0. The maximum absolute atomic E-state index is 9.07. The summed E-state index contributed by atoms with van der Waals surface area (Å²) in [5.74, 6) is 1.08. The lowest BCUT2D eigenvalue weighted by Gasteiger charge is -2.06. The van der Waals surface area contributed by atoms with E-state index in [2.05, 4.69) is 37.0 Å². The van der Waals surface area contributed by atoms with Crippen LogP contribution in [0, 0.1) is 17.2 Å². The van der Waals surface area contributed by atoms with Gasteiger partial charge >= 0.3 is 0 Å². The largest absolute Gasteiger partial charge is 0.384 e. The van der Waals surface area contributed by atoms with E-state index in [-0.39, 0.29) is 0 Å². The van der Waals surface area contributed by atoms with Crippen LogP contribution in [-0.4, -0.2) is 4.98 Å². The van der Waals surface area contributed by atoms with Gasteiger partial charge in [-0.25, -0.2) is 0 Å². The monoisotopic (exact) mass is 239 g/mol. The molecule has 3 nitrogen and oxygen atoms in total. The summed E-state index contributed by atoms with van der Waals surface area (Å²) in [4.78, 5) is 2.89. The molecule has 1 heterocycles. The third kappa shape index (κ3) is 2.38. The van der Waals surface area contributed by atoms with Gasteiger partial charge in [0.05, 0.1) is 0 Å². The number of nitrogen functional groups attached to an aromatic ring is 1. The number of aromatic amines is 1. The number of nitrogens with zero attached hydrogens (tertiary/aromatic N) is 1. The van der Waals surface area contributed by atoms with Crippen LogP contribution >= 0.6 is 0 Å². The molecule has 18 heavy (non-hydrogen) atoms. The normalized spacial score (nSPS) is 10.6. The highest BCUT2D eigenvalue weighted by molar-refractivity contribution is 5.75. The third-order valence-electron chi connectivity index (χ3n) is 2.93. The fourth-order valence-corrected chi connectivity index (χ4v) is 2.08. The van der Waals surface area contributed by atoms with Gasteiger partial charge in [-0.1, -0.05) is 38.1 Å². The lowest BCUT2D eigenvalue weighted by atomic mass is 9.99. The summed E-state index contributed by atoms with van der Waals surface area (Å²) in [5, 5.41) is 9.07. The van der Waals surface area contributed by atoms with E-state index in [0.29, 0.717) is 17.3 Å². The van der Waals surface area contributed by atoms with Crippen molar-refractivity contribution in [1.29, 1.82) is 5.26 Å². The maximum atomic E-state index is 9.07. The molecule has 0 radical (unpaired) electrons. The highest BCUT2D eigenvalue weighted by Crippen LogP contribution is 2.27. The van der Waals surface area contributed by atoms with E-state index >= 15 is 0 Å². The van der Waals surface area contributed by atoms with Crippen molar-refractivity contribution in [2.24, 2.45) is 5.92 Å². The quantitative estimate of drug-likeness (QED) is 0.862. The molecule has 3 heteroatoms. The Morgan fingerprint density at radius 3 is 2.50 bits per heavy atom. The number of hydrogen-bond donors (Lipinski definition) is 2.